The maximum absolute atomic E-state index is 11.7. The van der Waals surface area contributed by atoms with Gasteiger partial charge >= 0.3 is 0 Å². The standard InChI is InChI=1S/C16H16BrClN2O3/c17-14-7-6-13(23-14)16(22)20-10-9-19-15(21)8-3-11-1-4-12(18)5-2-11/h1-2,4-7H,3,8-10H2,(H,19,21)(H,20,22). The van der Waals surface area contributed by atoms with Gasteiger partial charge in [-0.3, -0.25) is 9.59 Å². The number of carbonyl (C=O) groups excluding carboxylic acids is 2. The first-order valence-corrected chi connectivity index (χ1v) is 8.26. The van der Waals surface area contributed by atoms with Crippen LogP contribution in [0.3, 0.4) is 0 Å². The van der Waals surface area contributed by atoms with E-state index in [2.05, 4.69) is 26.6 Å². The predicted octanol–water partition coefficient (Wildman–Crippen LogP) is 3.17. The van der Waals surface area contributed by atoms with E-state index in [4.69, 9.17) is 16.0 Å². The SMILES string of the molecule is O=C(CCc1ccc(Cl)cc1)NCCNC(=O)c1ccc(Br)o1. The second-order valence-corrected chi connectivity index (χ2v) is 6.05. The Bertz CT molecular complexity index is 670. The lowest BCUT2D eigenvalue weighted by Crippen LogP contribution is -2.34. The number of hydrogen-bond acceptors (Lipinski definition) is 3. The minimum absolute atomic E-state index is 0.0602. The van der Waals surface area contributed by atoms with E-state index in [0.29, 0.717) is 35.6 Å². The molecule has 2 aromatic rings. The number of aryl methyl sites for hydroxylation is 1. The largest absolute Gasteiger partial charge is 0.444 e. The molecular weight excluding hydrogens is 384 g/mol. The van der Waals surface area contributed by atoms with Crippen molar-refractivity contribution in [1.29, 1.82) is 0 Å². The van der Waals surface area contributed by atoms with Crippen molar-refractivity contribution in [2.45, 2.75) is 12.8 Å². The fourth-order valence-corrected chi connectivity index (χ4v) is 2.33. The van der Waals surface area contributed by atoms with Gasteiger partial charge in [0.1, 0.15) is 0 Å². The minimum Gasteiger partial charge on any atom is -0.444 e. The van der Waals surface area contributed by atoms with E-state index < -0.39 is 0 Å². The molecule has 1 aromatic carbocycles. The summed E-state index contributed by atoms with van der Waals surface area (Å²) >= 11 is 8.94. The first-order valence-electron chi connectivity index (χ1n) is 7.09. The highest BCUT2D eigenvalue weighted by molar-refractivity contribution is 9.10. The van der Waals surface area contributed by atoms with E-state index in [9.17, 15) is 9.59 Å². The quantitative estimate of drug-likeness (QED) is 0.703. The first-order chi connectivity index (χ1) is 11.0. The summed E-state index contributed by atoms with van der Waals surface area (Å²) in [6.07, 6.45) is 1.04. The third-order valence-corrected chi connectivity index (χ3v) is 3.76. The summed E-state index contributed by atoms with van der Waals surface area (Å²) in [5, 5.41) is 6.10. The number of nitrogens with one attached hydrogen (secondary N) is 2. The highest BCUT2D eigenvalue weighted by Crippen LogP contribution is 2.13. The van der Waals surface area contributed by atoms with Crippen LogP contribution in [-0.4, -0.2) is 24.9 Å². The minimum atomic E-state index is -0.314. The fraction of sp³-hybridized carbons (Fsp3) is 0.250. The number of amides is 2. The molecule has 0 bridgehead atoms. The molecule has 2 rings (SSSR count). The molecule has 1 aromatic heterocycles. The van der Waals surface area contributed by atoms with Gasteiger partial charge in [-0.2, -0.15) is 0 Å². The predicted molar refractivity (Wildman–Crippen MR) is 91.5 cm³/mol. The molecule has 0 aliphatic rings. The van der Waals surface area contributed by atoms with Gasteiger partial charge in [0.05, 0.1) is 0 Å². The van der Waals surface area contributed by atoms with E-state index in [0.717, 1.165) is 5.56 Å². The lowest BCUT2D eigenvalue weighted by atomic mass is 10.1. The van der Waals surface area contributed by atoms with E-state index in [1.165, 1.54) is 0 Å². The molecule has 7 heteroatoms. The summed E-state index contributed by atoms with van der Waals surface area (Å²) in [7, 11) is 0. The number of carbonyl (C=O) groups is 2. The van der Waals surface area contributed by atoms with Crippen molar-refractivity contribution in [3.63, 3.8) is 0 Å². The van der Waals surface area contributed by atoms with Crippen LogP contribution in [-0.2, 0) is 11.2 Å². The zero-order chi connectivity index (χ0) is 16.7. The average molecular weight is 400 g/mol. The molecule has 0 fully saturated rings. The number of furan rings is 1. The van der Waals surface area contributed by atoms with Gasteiger partial charge in [0, 0.05) is 24.5 Å². The maximum Gasteiger partial charge on any atom is 0.287 e. The molecule has 0 unspecified atom stereocenters. The second-order valence-electron chi connectivity index (χ2n) is 4.84. The Morgan fingerprint density at radius 3 is 2.39 bits per heavy atom. The number of halogens is 2. The molecule has 23 heavy (non-hydrogen) atoms. The van der Waals surface area contributed by atoms with Gasteiger partial charge in [0.25, 0.3) is 5.91 Å². The van der Waals surface area contributed by atoms with Crippen molar-refractivity contribution in [3.8, 4) is 0 Å². The highest BCUT2D eigenvalue weighted by atomic mass is 79.9. The topological polar surface area (TPSA) is 71.3 Å². The Kier molecular flexibility index (Phi) is 6.67. The van der Waals surface area contributed by atoms with Crippen molar-refractivity contribution in [1.82, 2.24) is 10.6 Å². The number of benzene rings is 1. The third-order valence-electron chi connectivity index (χ3n) is 3.08. The molecule has 1 heterocycles. The summed E-state index contributed by atoms with van der Waals surface area (Å²) in [6, 6.07) is 10.6. The third kappa shape index (κ3) is 6.08. The Hall–Kier alpha value is -1.79. The summed E-state index contributed by atoms with van der Waals surface area (Å²) in [6.45, 7) is 0.705. The van der Waals surface area contributed by atoms with E-state index in [1.54, 1.807) is 24.3 Å². The van der Waals surface area contributed by atoms with E-state index in [-0.39, 0.29) is 17.6 Å². The van der Waals surface area contributed by atoms with Crippen molar-refractivity contribution in [3.05, 3.63) is 57.4 Å². The van der Waals surface area contributed by atoms with Crippen molar-refractivity contribution < 1.29 is 14.0 Å². The van der Waals surface area contributed by atoms with Crippen molar-refractivity contribution in [2.24, 2.45) is 0 Å². The lowest BCUT2D eigenvalue weighted by Gasteiger charge is -2.06. The van der Waals surface area contributed by atoms with Gasteiger partial charge in [0.2, 0.25) is 5.91 Å². The zero-order valence-corrected chi connectivity index (χ0v) is 14.6. The van der Waals surface area contributed by atoms with Crippen LogP contribution in [0.1, 0.15) is 22.5 Å². The van der Waals surface area contributed by atoms with Gasteiger partial charge in [-0.05, 0) is 52.2 Å². The normalized spacial score (nSPS) is 10.3. The lowest BCUT2D eigenvalue weighted by molar-refractivity contribution is -0.121. The maximum atomic E-state index is 11.7. The van der Waals surface area contributed by atoms with Crippen LogP contribution in [0.2, 0.25) is 5.02 Å². The average Bonchev–Trinajstić information content (AvgIpc) is 2.97. The zero-order valence-electron chi connectivity index (χ0n) is 12.3. The van der Waals surface area contributed by atoms with Crippen LogP contribution in [0.4, 0.5) is 0 Å². The number of hydrogen-bond donors (Lipinski definition) is 2. The van der Waals surface area contributed by atoms with Crippen molar-refractivity contribution >= 4 is 39.3 Å². The van der Waals surface area contributed by atoms with Gasteiger partial charge < -0.3 is 15.1 Å². The summed E-state index contributed by atoms with van der Waals surface area (Å²) in [5.41, 5.74) is 1.06. The Morgan fingerprint density at radius 1 is 1.04 bits per heavy atom. The Morgan fingerprint density at radius 2 is 1.74 bits per heavy atom. The summed E-state index contributed by atoms with van der Waals surface area (Å²) < 4.78 is 5.63. The monoisotopic (exact) mass is 398 g/mol. The van der Waals surface area contributed by atoms with Crippen LogP contribution in [0.15, 0.2) is 45.5 Å². The smallest absolute Gasteiger partial charge is 0.287 e. The molecule has 0 spiro atoms. The van der Waals surface area contributed by atoms with Crippen LogP contribution in [0, 0.1) is 0 Å². The molecule has 0 saturated carbocycles. The van der Waals surface area contributed by atoms with E-state index >= 15 is 0 Å². The first kappa shape index (κ1) is 17.6. The fourth-order valence-electron chi connectivity index (χ4n) is 1.90. The molecule has 0 atom stereocenters. The van der Waals surface area contributed by atoms with Crippen LogP contribution >= 0.6 is 27.5 Å². The van der Waals surface area contributed by atoms with Crippen LogP contribution < -0.4 is 10.6 Å². The molecule has 0 radical (unpaired) electrons. The molecule has 0 aliphatic carbocycles. The van der Waals surface area contributed by atoms with Gasteiger partial charge in [-0.25, -0.2) is 0 Å². The van der Waals surface area contributed by atoms with Crippen LogP contribution in [0.5, 0.6) is 0 Å². The van der Waals surface area contributed by atoms with Crippen molar-refractivity contribution in [2.75, 3.05) is 13.1 Å². The summed E-state index contributed by atoms with van der Waals surface area (Å²) in [5.74, 6) is -0.146. The van der Waals surface area contributed by atoms with Crippen LogP contribution in [0.25, 0.3) is 0 Å². The molecule has 122 valence electrons. The van der Waals surface area contributed by atoms with Gasteiger partial charge in [0.15, 0.2) is 10.4 Å². The molecule has 0 saturated heterocycles. The van der Waals surface area contributed by atoms with Gasteiger partial charge in [-0.15, -0.1) is 0 Å². The molecule has 2 N–H and O–H groups in total. The molecule has 2 amide bonds. The van der Waals surface area contributed by atoms with Gasteiger partial charge in [-0.1, -0.05) is 23.7 Å². The summed E-state index contributed by atoms with van der Waals surface area (Å²) in [4.78, 5) is 23.4. The Balaban J connectivity index is 1.61. The molecule has 0 aliphatic heterocycles. The number of rotatable bonds is 7. The molecular formula is C16H16BrClN2O3. The Labute approximate surface area is 147 Å². The van der Waals surface area contributed by atoms with E-state index in [1.807, 2.05) is 12.1 Å². The molecule has 5 nitrogen and oxygen atoms in total. The highest BCUT2D eigenvalue weighted by Gasteiger charge is 2.09. The second kappa shape index (κ2) is 8.74.